The van der Waals surface area contributed by atoms with Crippen molar-refractivity contribution in [3.8, 4) is 0 Å². The summed E-state index contributed by atoms with van der Waals surface area (Å²) in [6.45, 7) is 4.43. The van der Waals surface area contributed by atoms with E-state index in [-0.39, 0.29) is 0 Å². The molecule has 0 amide bonds. The molecule has 3 atom stereocenters. The van der Waals surface area contributed by atoms with Crippen LogP contribution in [-0.4, -0.2) is 26.3 Å². The molecule has 2 aliphatic rings. The lowest BCUT2D eigenvalue weighted by Crippen LogP contribution is -2.30. The van der Waals surface area contributed by atoms with Crippen molar-refractivity contribution in [1.82, 2.24) is 5.32 Å². The van der Waals surface area contributed by atoms with Gasteiger partial charge in [0.1, 0.15) is 0 Å². The summed E-state index contributed by atoms with van der Waals surface area (Å²) in [5.74, 6) is 2.78. The second kappa shape index (κ2) is 5.31. The molecule has 1 N–H and O–H groups in total. The summed E-state index contributed by atoms with van der Waals surface area (Å²) in [7, 11) is 2.11. The normalized spacial score (nSPS) is 38.4. The van der Waals surface area contributed by atoms with E-state index in [2.05, 4.69) is 19.3 Å². The second-order valence-electron chi connectivity index (χ2n) is 5.38. The third kappa shape index (κ3) is 2.73. The van der Waals surface area contributed by atoms with E-state index in [1.807, 2.05) is 0 Å². The van der Waals surface area contributed by atoms with Crippen LogP contribution in [-0.2, 0) is 4.74 Å². The van der Waals surface area contributed by atoms with Crippen molar-refractivity contribution in [2.75, 3.05) is 20.3 Å². The Kier molecular flexibility index (Phi) is 4.04. The zero-order chi connectivity index (χ0) is 10.7. The van der Waals surface area contributed by atoms with Crippen molar-refractivity contribution >= 4 is 0 Å². The van der Waals surface area contributed by atoms with Gasteiger partial charge in [-0.05, 0) is 56.9 Å². The van der Waals surface area contributed by atoms with Gasteiger partial charge >= 0.3 is 0 Å². The van der Waals surface area contributed by atoms with Gasteiger partial charge in [-0.2, -0.15) is 0 Å². The fourth-order valence-corrected chi connectivity index (χ4v) is 3.40. The van der Waals surface area contributed by atoms with Crippen molar-refractivity contribution in [2.45, 2.75) is 45.1 Å². The molecule has 0 aromatic rings. The summed E-state index contributed by atoms with van der Waals surface area (Å²) in [5.41, 5.74) is 0. The highest BCUT2D eigenvalue weighted by molar-refractivity contribution is 4.87. The Morgan fingerprint density at radius 2 is 1.87 bits per heavy atom. The van der Waals surface area contributed by atoms with Gasteiger partial charge in [-0.1, -0.05) is 6.92 Å². The van der Waals surface area contributed by atoms with Crippen LogP contribution in [0.25, 0.3) is 0 Å². The van der Waals surface area contributed by atoms with Crippen LogP contribution in [0.5, 0.6) is 0 Å². The zero-order valence-electron chi connectivity index (χ0n) is 10.2. The van der Waals surface area contributed by atoms with Crippen LogP contribution in [0.4, 0.5) is 0 Å². The maximum absolute atomic E-state index is 5.42. The number of ether oxygens (including phenoxy) is 1. The van der Waals surface area contributed by atoms with E-state index in [9.17, 15) is 0 Å². The molecule has 0 spiro atoms. The average Bonchev–Trinajstić information content (AvgIpc) is 2.62. The van der Waals surface area contributed by atoms with Gasteiger partial charge in [0.05, 0.1) is 0 Å². The van der Waals surface area contributed by atoms with E-state index in [0.717, 1.165) is 37.0 Å². The van der Waals surface area contributed by atoms with Gasteiger partial charge < -0.3 is 10.1 Å². The number of hydrogen-bond acceptors (Lipinski definition) is 2. The predicted molar refractivity (Wildman–Crippen MR) is 62.9 cm³/mol. The Hall–Kier alpha value is -0.0800. The van der Waals surface area contributed by atoms with Gasteiger partial charge in [-0.25, -0.2) is 0 Å². The summed E-state index contributed by atoms with van der Waals surface area (Å²) in [6, 6.07) is 0.773. The van der Waals surface area contributed by atoms with E-state index in [1.54, 1.807) is 0 Å². The van der Waals surface area contributed by atoms with Crippen molar-refractivity contribution in [3.05, 3.63) is 0 Å². The van der Waals surface area contributed by atoms with Crippen LogP contribution in [0.15, 0.2) is 0 Å². The molecule has 3 unspecified atom stereocenters. The van der Waals surface area contributed by atoms with Crippen LogP contribution in [0.3, 0.4) is 0 Å². The van der Waals surface area contributed by atoms with Crippen molar-refractivity contribution in [1.29, 1.82) is 0 Å². The Balaban J connectivity index is 1.79. The molecule has 2 nitrogen and oxygen atoms in total. The minimum absolute atomic E-state index is 0.773. The number of rotatable bonds is 3. The fraction of sp³-hybridized carbons (Fsp3) is 1.00. The van der Waals surface area contributed by atoms with E-state index < -0.39 is 0 Å². The van der Waals surface area contributed by atoms with E-state index >= 15 is 0 Å². The molecule has 1 aliphatic carbocycles. The predicted octanol–water partition coefficient (Wildman–Crippen LogP) is 2.44. The molecule has 1 aliphatic heterocycles. The van der Waals surface area contributed by atoms with Crippen molar-refractivity contribution < 1.29 is 4.74 Å². The lowest BCUT2D eigenvalue weighted by Gasteiger charge is -2.27. The smallest absolute Gasteiger partial charge is 0.0468 e. The van der Waals surface area contributed by atoms with Crippen molar-refractivity contribution in [2.24, 2.45) is 17.8 Å². The standard InChI is InChI=1S/C13H25NO/c1-10-12(3-4-13(10)14-2)9-11-5-7-15-8-6-11/h10-14H,3-9H2,1-2H3. The number of nitrogens with one attached hydrogen (secondary N) is 1. The molecular weight excluding hydrogens is 186 g/mol. The van der Waals surface area contributed by atoms with Gasteiger partial charge in [0.25, 0.3) is 0 Å². The minimum atomic E-state index is 0.773. The molecule has 0 bridgehead atoms. The van der Waals surface area contributed by atoms with Crippen LogP contribution in [0.1, 0.15) is 39.0 Å². The first kappa shape index (κ1) is 11.4. The van der Waals surface area contributed by atoms with Crippen LogP contribution >= 0.6 is 0 Å². The van der Waals surface area contributed by atoms with E-state index in [0.29, 0.717) is 0 Å². The van der Waals surface area contributed by atoms with E-state index in [1.165, 1.54) is 32.1 Å². The monoisotopic (exact) mass is 211 g/mol. The molecule has 0 aromatic heterocycles. The molecule has 0 radical (unpaired) electrons. The summed E-state index contributed by atoms with van der Waals surface area (Å²) in [5, 5.41) is 3.46. The molecular formula is C13H25NO. The van der Waals surface area contributed by atoms with Gasteiger partial charge in [-0.15, -0.1) is 0 Å². The fourth-order valence-electron chi connectivity index (χ4n) is 3.40. The van der Waals surface area contributed by atoms with Crippen LogP contribution in [0, 0.1) is 17.8 Å². The first-order valence-corrected chi connectivity index (χ1v) is 6.56. The summed E-state index contributed by atoms with van der Waals surface area (Å²) in [6.07, 6.45) is 6.86. The SMILES string of the molecule is CNC1CCC(CC2CCOCC2)C1C. The minimum Gasteiger partial charge on any atom is -0.381 e. The number of hydrogen-bond donors (Lipinski definition) is 1. The highest BCUT2D eigenvalue weighted by Crippen LogP contribution is 2.37. The molecule has 2 fully saturated rings. The van der Waals surface area contributed by atoms with Crippen molar-refractivity contribution in [3.63, 3.8) is 0 Å². The third-order valence-electron chi connectivity index (χ3n) is 4.57. The summed E-state index contributed by atoms with van der Waals surface area (Å²) >= 11 is 0. The molecule has 2 rings (SSSR count). The first-order valence-electron chi connectivity index (χ1n) is 6.56. The van der Waals surface area contributed by atoms with Gasteiger partial charge in [0.2, 0.25) is 0 Å². The Labute approximate surface area is 93.8 Å². The van der Waals surface area contributed by atoms with E-state index in [4.69, 9.17) is 4.74 Å². The molecule has 0 aromatic carbocycles. The lowest BCUT2D eigenvalue weighted by atomic mass is 9.83. The summed E-state index contributed by atoms with van der Waals surface area (Å²) < 4.78 is 5.42. The van der Waals surface area contributed by atoms with Crippen LogP contribution in [0.2, 0.25) is 0 Å². The molecule has 15 heavy (non-hydrogen) atoms. The van der Waals surface area contributed by atoms with Gasteiger partial charge in [0, 0.05) is 19.3 Å². The quantitative estimate of drug-likeness (QED) is 0.774. The zero-order valence-corrected chi connectivity index (χ0v) is 10.2. The average molecular weight is 211 g/mol. The molecule has 1 saturated heterocycles. The summed E-state index contributed by atoms with van der Waals surface area (Å²) in [4.78, 5) is 0. The molecule has 1 saturated carbocycles. The largest absolute Gasteiger partial charge is 0.381 e. The first-order chi connectivity index (χ1) is 7.31. The third-order valence-corrected chi connectivity index (χ3v) is 4.57. The molecule has 1 heterocycles. The van der Waals surface area contributed by atoms with Gasteiger partial charge in [-0.3, -0.25) is 0 Å². The van der Waals surface area contributed by atoms with Gasteiger partial charge in [0.15, 0.2) is 0 Å². The highest BCUT2D eigenvalue weighted by atomic mass is 16.5. The lowest BCUT2D eigenvalue weighted by molar-refractivity contribution is 0.0563. The maximum Gasteiger partial charge on any atom is 0.0468 e. The topological polar surface area (TPSA) is 21.3 Å². The Bertz CT molecular complexity index is 189. The maximum atomic E-state index is 5.42. The second-order valence-corrected chi connectivity index (χ2v) is 5.38. The Morgan fingerprint density at radius 3 is 2.47 bits per heavy atom. The highest BCUT2D eigenvalue weighted by Gasteiger charge is 2.33. The molecule has 88 valence electrons. The van der Waals surface area contributed by atoms with Crippen LogP contribution < -0.4 is 5.32 Å². The molecule has 2 heteroatoms. The Morgan fingerprint density at radius 1 is 1.13 bits per heavy atom.